The quantitative estimate of drug-likeness (QED) is 0.783. The summed E-state index contributed by atoms with van der Waals surface area (Å²) in [6.45, 7) is 3.03. The summed E-state index contributed by atoms with van der Waals surface area (Å²) in [5.41, 5.74) is 0. The lowest BCUT2D eigenvalue weighted by atomic mass is 10.1. The first-order chi connectivity index (χ1) is 6.72. The molecule has 2 N–H and O–H groups in total. The second kappa shape index (κ2) is 5.78. The molecular weight excluding hydrogens is 202 g/mol. The van der Waals surface area contributed by atoms with Crippen molar-refractivity contribution in [3.8, 4) is 0 Å². The van der Waals surface area contributed by atoms with E-state index in [0.29, 0.717) is 16.9 Å². The number of hydrogen-bond donors (Lipinski definition) is 2. The Morgan fingerprint density at radius 1 is 1.57 bits per heavy atom. The summed E-state index contributed by atoms with van der Waals surface area (Å²) in [7, 11) is 0. The molecule has 0 saturated heterocycles. The molecule has 1 aromatic heterocycles. The maximum Gasteiger partial charge on any atom is 0.149 e. The minimum atomic E-state index is 0.212. The van der Waals surface area contributed by atoms with Crippen molar-refractivity contribution in [2.24, 2.45) is 5.92 Å². The van der Waals surface area contributed by atoms with Crippen molar-refractivity contribution in [1.82, 2.24) is 9.97 Å². The van der Waals surface area contributed by atoms with E-state index in [-0.39, 0.29) is 6.61 Å². The maximum atomic E-state index is 8.70. The van der Waals surface area contributed by atoms with Gasteiger partial charge in [-0.25, -0.2) is 4.98 Å². The topological polar surface area (TPSA) is 58.0 Å². The molecule has 14 heavy (non-hydrogen) atoms. The van der Waals surface area contributed by atoms with Crippen molar-refractivity contribution in [3.05, 3.63) is 17.5 Å². The Labute approximate surface area is 88.3 Å². The van der Waals surface area contributed by atoms with Crippen molar-refractivity contribution >= 4 is 17.4 Å². The molecule has 1 unspecified atom stereocenters. The molecule has 78 valence electrons. The predicted octanol–water partition coefficient (Wildman–Crippen LogP) is 1.56. The molecule has 1 aromatic rings. The van der Waals surface area contributed by atoms with Gasteiger partial charge in [0.25, 0.3) is 0 Å². The van der Waals surface area contributed by atoms with Crippen LogP contribution in [0.25, 0.3) is 0 Å². The average molecular weight is 216 g/mol. The summed E-state index contributed by atoms with van der Waals surface area (Å²) in [4.78, 5) is 7.94. The summed E-state index contributed by atoms with van der Waals surface area (Å²) in [5, 5.41) is 12.2. The van der Waals surface area contributed by atoms with Gasteiger partial charge >= 0.3 is 0 Å². The number of nitrogens with zero attached hydrogens (tertiary/aromatic N) is 2. The molecule has 1 atom stereocenters. The monoisotopic (exact) mass is 215 g/mol. The SMILES string of the molecule is CC(CCO)CNc1cncc(Cl)n1. The van der Waals surface area contributed by atoms with E-state index >= 15 is 0 Å². The lowest BCUT2D eigenvalue weighted by Crippen LogP contribution is -2.13. The van der Waals surface area contributed by atoms with Gasteiger partial charge in [0.2, 0.25) is 0 Å². The Balaban J connectivity index is 2.37. The van der Waals surface area contributed by atoms with E-state index in [0.717, 1.165) is 13.0 Å². The molecular formula is C9H14ClN3O. The molecule has 5 heteroatoms. The number of halogens is 1. The third-order valence-electron chi connectivity index (χ3n) is 1.86. The van der Waals surface area contributed by atoms with Gasteiger partial charge in [-0.15, -0.1) is 0 Å². The molecule has 1 rings (SSSR count). The minimum Gasteiger partial charge on any atom is -0.396 e. The third-order valence-corrected chi connectivity index (χ3v) is 2.04. The second-order valence-corrected chi connectivity index (χ2v) is 3.61. The highest BCUT2D eigenvalue weighted by Crippen LogP contribution is 2.08. The van der Waals surface area contributed by atoms with Crippen molar-refractivity contribution in [3.63, 3.8) is 0 Å². The van der Waals surface area contributed by atoms with Gasteiger partial charge in [-0.3, -0.25) is 4.98 Å². The molecule has 4 nitrogen and oxygen atoms in total. The van der Waals surface area contributed by atoms with Crippen LogP contribution in [0.4, 0.5) is 5.82 Å². The number of aromatic nitrogens is 2. The van der Waals surface area contributed by atoms with Crippen molar-refractivity contribution in [2.75, 3.05) is 18.5 Å². The van der Waals surface area contributed by atoms with E-state index in [1.54, 1.807) is 6.20 Å². The molecule has 1 heterocycles. The van der Waals surface area contributed by atoms with Crippen molar-refractivity contribution in [1.29, 1.82) is 0 Å². The van der Waals surface area contributed by atoms with Gasteiger partial charge in [0, 0.05) is 13.2 Å². The first-order valence-corrected chi connectivity index (χ1v) is 4.92. The fourth-order valence-corrected chi connectivity index (χ4v) is 1.18. The highest BCUT2D eigenvalue weighted by atomic mass is 35.5. The highest BCUT2D eigenvalue weighted by Gasteiger charge is 2.01. The van der Waals surface area contributed by atoms with Crippen LogP contribution in [0.1, 0.15) is 13.3 Å². The first-order valence-electron chi connectivity index (χ1n) is 4.54. The van der Waals surface area contributed by atoms with Crippen LogP contribution in [0.3, 0.4) is 0 Å². The van der Waals surface area contributed by atoms with Gasteiger partial charge in [0.05, 0.1) is 12.4 Å². The number of rotatable bonds is 5. The Bertz CT molecular complexity index is 283. The lowest BCUT2D eigenvalue weighted by Gasteiger charge is -2.10. The van der Waals surface area contributed by atoms with E-state index in [4.69, 9.17) is 16.7 Å². The van der Waals surface area contributed by atoms with Crippen LogP contribution in [0, 0.1) is 5.92 Å². The largest absolute Gasteiger partial charge is 0.396 e. The Morgan fingerprint density at radius 3 is 3.00 bits per heavy atom. The van der Waals surface area contributed by atoms with E-state index < -0.39 is 0 Å². The van der Waals surface area contributed by atoms with Crippen LogP contribution in [-0.4, -0.2) is 28.2 Å². The summed E-state index contributed by atoms with van der Waals surface area (Å²) < 4.78 is 0. The normalized spacial score (nSPS) is 12.5. The number of anilines is 1. The number of aliphatic hydroxyl groups excluding tert-OH is 1. The molecule has 0 aliphatic heterocycles. The van der Waals surface area contributed by atoms with E-state index in [1.165, 1.54) is 6.20 Å². The lowest BCUT2D eigenvalue weighted by molar-refractivity contribution is 0.266. The standard InChI is InChI=1S/C9H14ClN3O/c1-7(2-3-14)4-12-9-6-11-5-8(10)13-9/h5-7,14H,2-4H2,1H3,(H,12,13). The van der Waals surface area contributed by atoms with Gasteiger partial charge in [0.15, 0.2) is 0 Å². The molecule has 0 saturated carbocycles. The van der Waals surface area contributed by atoms with E-state index in [1.807, 2.05) is 0 Å². The molecule has 0 bridgehead atoms. The number of aliphatic hydroxyl groups is 1. The molecule has 0 aromatic carbocycles. The fraction of sp³-hybridized carbons (Fsp3) is 0.556. The molecule has 0 aliphatic rings. The fourth-order valence-electron chi connectivity index (χ4n) is 1.03. The molecule has 0 spiro atoms. The van der Waals surface area contributed by atoms with E-state index in [2.05, 4.69) is 22.2 Å². The molecule has 0 fully saturated rings. The highest BCUT2D eigenvalue weighted by molar-refractivity contribution is 6.29. The van der Waals surface area contributed by atoms with Crippen LogP contribution < -0.4 is 5.32 Å². The smallest absolute Gasteiger partial charge is 0.149 e. The minimum absolute atomic E-state index is 0.212. The zero-order valence-corrected chi connectivity index (χ0v) is 8.83. The second-order valence-electron chi connectivity index (χ2n) is 3.23. The van der Waals surface area contributed by atoms with Crippen LogP contribution in [0.15, 0.2) is 12.4 Å². The van der Waals surface area contributed by atoms with Crippen LogP contribution >= 0.6 is 11.6 Å². The van der Waals surface area contributed by atoms with Crippen molar-refractivity contribution in [2.45, 2.75) is 13.3 Å². The van der Waals surface area contributed by atoms with Crippen molar-refractivity contribution < 1.29 is 5.11 Å². The predicted molar refractivity (Wildman–Crippen MR) is 56.4 cm³/mol. The Kier molecular flexibility index (Phi) is 4.62. The van der Waals surface area contributed by atoms with Gasteiger partial charge in [-0.05, 0) is 12.3 Å². The Hall–Kier alpha value is -0.870. The summed E-state index contributed by atoms with van der Waals surface area (Å²) in [5.74, 6) is 1.07. The maximum absolute atomic E-state index is 8.70. The van der Waals surface area contributed by atoms with Gasteiger partial charge in [-0.2, -0.15) is 0 Å². The number of hydrogen-bond acceptors (Lipinski definition) is 4. The van der Waals surface area contributed by atoms with Gasteiger partial charge in [-0.1, -0.05) is 18.5 Å². The van der Waals surface area contributed by atoms with Gasteiger partial charge < -0.3 is 10.4 Å². The summed E-state index contributed by atoms with van der Waals surface area (Å²) in [6.07, 6.45) is 3.89. The van der Waals surface area contributed by atoms with Crippen LogP contribution in [0.5, 0.6) is 0 Å². The summed E-state index contributed by atoms with van der Waals surface area (Å²) >= 11 is 5.67. The van der Waals surface area contributed by atoms with Crippen LogP contribution in [0.2, 0.25) is 5.15 Å². The zero-order chi connectivity index (χ0) is 10.4. The number of nitrogens with one attached hydrogen (secondary N) is 1. The Morgan fingerprint density at radius 2 is 2.36 bits per heavy atom. The summed E-state index contributed by atoms with van der Waals surface area (Å²) in [6, 6.07) is 0. The van der Waals surface area contributed by atoms with E-state index in [9.17, 15) is 0 Å². The zero-order valence-electron chi connectivity index (χ0n) is 8.07. The molecule has 0 amide bonds. The third kappa shape index (κ3) is 3.89. The van der Waals surface area contributed by atoms with Gasteiger partial charge in [0.1, 0.15) is 11.0 Å². The molecule has 0 aliphatic carbocycles. The molecule has 0 radical (unpaired) electrons. The van der Waals surface area contributed by atoms with Crippen LogP contribution in [-0.2, 0) is 0 Å². The first kappa shape index (κ1) is 11.2. The average Bonchev–Trinajstić information content (AvgIpc) is 2.15.